The monoisotopic (exact) mass is 188 g/mol. The van der Waals surface area contributed by atoms with Crippen molar-refractivity contribution in [3.05, 3.63) is 0 Å². The topological polar surface area (TPSA) is 0 Å². The summed E-state index contributed by atoms with van der Waals surface area (Å²) in [5, 5.41) is 0. The van der Waals surface area contributed by atoms with Gasteiger partial charge in [0.2, 0.25) is 0 Å². The van der Waals surface area contributed by atoms with Gasteiger partial charge in [-0.1, -0.05) is 74.7 Å². The molecule has 84 valence electrons. The van der Waals surface area contributed by atoms with Gasteiger partial charge in [-0.2, -0.15) is 0 Å². The van der Waals surface area contributed by atoms with E-state index < -0.39 is 0 Å². The molecule has 0 spiro atoms. The molecule has 0 nitrogen and oxygen atoms in total. The first kappa shape index (κ1) is 18.7. The molecule has 0 saturated carbocycles. The van der Waals surface area contributed by atoms with Crippen molar-refractivity contribution in [2.24, 2.45) is 11.8 Å². The fraction of sp³-hybridized carbons (Fsp3) is 1.00. The van der Waals surface area contributed by atoms with Crippen LogP contribution in [0.4, 0.5) is 0 Å². The van der Waals surface area contributed by atoms with Crippen molar-refractivity contribution in [3.63, 3.8) is 0 Å². The minimum absolute atomic E-state index is 0.884. The Morgan fingerprint density at radius 2 is 0.923 bits per heavy atom. The van der Waals surface area contributed by atoms with Gasteiger partial charge in [0.25, 0.3) is 0 Å². The van der Waals surface area contributed by atoms with E-state index in [1.54, 1.807) is 0 Å². The van der Waals surface area contributed by atoms with Gasteiger partial charge in [-0.3, -0.25) is 0 Å². The van der Waals surface area contributed by atoms with Gasteiger partial charge in [-0.15, -0.1) is 0 Å². The van der Waals surface area contributed by atoms with E-state index in [1.165, 1.54) is 19.3 Å². The molecule has 0 fully saturated rings. The van der Waals surface area contributed by atoms with Gasteiger partial charge in [0.15, 0.2) is 0 Å². The first-order valence-electron chi connectivity index (χ1n) is 6.08. The first-order chi connectivity index (χ1) is 6.08. The Labute approximate surface area is 87.1 Å². The Morgan fingerprint density at radius 3 is 0.923 bits per heavy atom. The molecule has 0 aliphatic heterocycles. The van der Waals surface area contributed by atoms with E-state index in [0.29, 0.717) is 0 Å². The van der Waals surface area contributed by atoms with Crippen LogP contribution in [-0.4, -0.2) is 0 Å². The third-order valence-corrected chi connectivity index (χ3v) is 2.21. The van der Waals surface area contributed by atoms with Crippen molar-refractivity contribution >= 4 is 0 Å². The fourth-order valence-corrected chi connectivity index (χ4v) is 0.289. The van der Waals surface area contributed by atoms with Gasteiger partial charge in [0, 0.05) is 0 Å². The van der Waals surface area contributed by atoms with Crippen molar-refractivity contribution in [3.8, 4) is 0 Å². The van der Waals surface area contributed by atoms with Crippen molar-refractivity contribution < 1.29 is 0 Å². The zero-order chi connectivity index (χ0) is 11.3. The molecule has 0 aromatic heterocycles. The smallest absolute Gasteiger partial charge is 0.0448 e. The molecule has 0 N–H and O–H groups in total. The molecule has 0 unspecified atom stereocenters. The third-order valence-electron chi connectivity index (χ3n) is 2.21. The summed E-state index contributed by atoms with van der Waals surface area (Å²) in [6, 6.07) is 0. The summed E-state index contributed by atoms with van der Waals surface area (Å²) >= 11 is 0. The minimum atomic E-state index is 0.884. The zero-order valence-corrected chi connectivity index (χ0v) is 11.3. The Kier molecular flexibility index (Phi) is 25.8. The summed E-state index contributed by atoms with van der Waals surface area (Å²) in [7, 11) is 0. The van der Waals surface area contributed by atoms with Crippen LogP contribution in [0.2, 0.25) is 0 Å². The predicted molar refractivity (Wildman–Crippen MR) is 66.2 cm³/mol. The molecule has 13 heavy (non-hydrogen) atoms. The molecule has 0 aliphatic carbocycles. The minimum Gasteiger partial charge on any atom is -0.0683 e. The van der Waals surface area contributed by atoms with E-state index in [0.717, 1.165) is 11.8 Å². The highest BCUT2D eigenvalue weighted by Crippen LogP contribution is 2.02. The standard InChI is InChI=1S/C6H14.C5H12.C2H6/c1-4-6(3)5-2;1-4-5(2)3;1-2/h6H,4-5H2,1-3H3;5H,4H2,1-3H3;1-2H3. The summed E-state index contributed by atoms with van der Waals surface area (Å²) in [5.41, 5.74) is 0. The van der Waals surface area contributed by atoms with Crippen molar-refractivity contribution in [2.45, 2.75) is 74.7 Å². The lowest BCUT2D eigenvalue weighted by atomic mass is 10.1. The zero-order valence-electron chi connectivity index (χ0n) is 11.3. The second kappa shape index (κ2) is 17.9. The quantitative estimate of drug-likeness (QED) is 0.547. The highest BCUT2D eigenvalue weighted by molar-refractivity contribution is 4.41. The Bertz CT molecular complexity index is 51.1. The van der Waals surface area contributed by atoms with Crippen LogP contribution in [0.5, 0.6) is 0 Å². The second-order valence-electron chi connectivity index (χ2n) is 3.72. The average molecular weight is 188 g/mol. The van der Waals surface area contributed by atoms with E-state index >= 15 is 0 Å². The van der Waals surface area contributed by atoms with Gasteiger partial charge in [-0.25, -0.2) is 0 Å². The maximum atomic E-state index is 2.28. The van der Waals surface area contributed by atoms with E-state index in [1.807, 2.05) is 13.8 Å². The third kappa shape index (κ3) is 33.3. The van der Waals surface area contributed by atoms with Crippen LogP contribution in [0.25, 0.3) is 0 Å². The van der Waals surface area contributed by atoms with Crippen LogP contribution in [-0.2, 0) is 0 Å². The van der Waals surface area contributed by atoms with E-state index in [-0.39, 0.29) is 0 Å². The highest BCUT2D eigenvalue weighted by atomic mass is 13.9. The van der Waals surface area contributed by atoms with Gasteiger partial charge in [-0.05, 0) is 11.8 Å². The van der Waals surface area contributed by atoms with Crippen LogP contribution >= 0.6 is 0 Å². The molecular weight excluding hydrogens is 156 g/mol. The Morgan fingerprint density at radius 1 is 0.692 bits per heavy atom. The van der Waals surface area contributed by atoms with Crippen LogP contribution in [0, 0.1) is 11.8 Å². The van der Waals surface area contributed by atoms with Crippen molar-refractivity contribution in [2.75, 3.05) is 0 Å². The van der Waals surface area contributed by atoms with Crippen molar-refractivity contribution in [1.29, 1.82) is 0 Å². The highest BCUT2D eigenvalue weighted by Gasteiger charge is 1.88. The van der Waals surface area contributed by atoms with Gasteiger partial charge in [0.1, 0.15) is 0 Å². The Hall–Kier alpha value is 0. The van der Waals surface area contributed by atoms with Crippen LogP contribution in [0.1, 0.15) is 74.7 Å². The molecule has 0 heterocycles. The molecule has 0 atom stereocenters. The molecular formula is C13H32. The molecule has 0 heteroatoms. The average Bonchev–Trinajstić information content (AvgIpc) is 2.20. The lowest BCUT2D eigenvalue weighted by Crippen LogP contribution is -1.85. The summed E-state index contributed by atoms with van der Waals surface area (Å²) in [6.45, 7) is 17.4. The fourth-order valence-electron chi connectivity index (χ4n) is 0.289. The van der Waals surface area contributed by atoms with Crippen LogP contribution in [0.15, 0.2) is 0 Å². The molecule has 0 radical (unpaired) electrons. The summed E-state index contributed by atoms with van der Waals surface area (Å²) in [6.07, 6.45) is 3.97. The molecule has 0 saturated heterocycles. The number of hydrogen-bond acceptors (Lipinski definition) is 0. The Balaban J connectivity index is -0.000000131. The maximum Gasteiger partial charge on any atom is -0.0448 e. The van der Waals surface area contributed by atoms with Gasteiger partial charge in [0.05, 0.1) is 0 Å². The largest absolute Gasteiger partial charge is 0.0683 e. The summed E-state index contributed by atoms with van der Waals surface area (Å²) < 4.78 is 0. The second-order valence-corrected chi connectivity index (χ2v) is 3.72. The van der Waals surface area contributed by atoms with Crippen LogP contribution < -0.4 is 0 Å². The molecule has 0 aromatic rings. The lowest BCUT2D eigenvalue weighted by molar-refractivity contribution is 0.544. The van der Waals surface area contributed by atoms with E-state index in [9.17, 15) is 0 Å². The van der Waals surface area contributed by atoms with E-state index in [4.69, 9.17) is 0 Å². The van der Waals surface area contributed by atoms with E-state index in [2.05, 4.69) is 41.5 Å². The first-order valence-corrected chi connectivity index (χ1v) is 6.08. The molecule has 0 rings (SSSR count). The maximum absolute atomic E-state index is 2.28. The molecule has 0 amide bonds. The predicted octanol–water partition coefficient (Wildman–Crippen LogP) is 5.52. The SMILES string of the molecule is CC.CCC(C)C.CCC(C)CC. The molecule has 0 aliphatic rings. The number of hydrogen-bond donors (Lipinski definition) is 0. The number of rotatable bonds is 3. The lowest BCUT2D eigenvalue weighted by Gasteiger charge is -1.98. The normalized spacial score (nSPS) is 8.77. The van der Waals surface area contributed by atoms with Gasteiger partial charge >= 0.3 is 0 Å². The van der Waals surface area contributed by atoms with Crippen LogP contribution in [0.3, 0.4) is 0 Å². The molecule has 0 bridgehead atoms. The van der Waals surface area contributed by atoms with Gasteiger partial charge < -0.3 is 0 Å². The summed E-state index contributed by atoms with van der Waals surface area (Å²) in [4.78, 5) is 0. The van der Waals surface area contributed by atoms with Crippen molar-refractivity contribution in [1.82, 2.24) is 0 Å². The molecule has 0 aromatic carbocycles. The summed E-state index contributed by atoms with van der Waals surface area (Å²) in [5.74, 6) is 1.82.